The maximum Gasteiger partial charge on any atom is 0.387 e. The van der Waals surface area contributed by atoms with Crippen LogP contribution < -0.4 is 10.5 Å². The van der Waals surface area contributed by atoms with Gasteiger partial charge in [0.1, 0.15) is 5.75 Å². The molecule has 2 N–H and O–H groups in total. The molecule has 0 aliphatic heterocycles. The lowest BCUT2D eigenvalue weighted by Gasteiger charge is -2.09. The summed E-state index contributed by atoms with van der Waals surface area (Å²) in [4.78, 5) is 11.7. The lowest BCUT2D eigenvalue weighted by atomic mass is 10.0. The van der Waals surface area contributed by atoms with Crippen molar-refractivity contribution in [3.05, 3.63) is 29.8 Å². The Labute approximate surface area is 98.6 Å². The van der Waals surface area contributed by atoms with Crippen LogP contribution in [0.15, 0.2) is 24.3 Å². The van der Waals surface area contributed by atoms with E-state index in [0.717, 1.165) is 0 Å². The first-order chi connectivity index (χ1) is 8.02. The third-order valence-corrected chi connectivity index (χ3v) is 2.35. The molecule has 0 aromatic heterocycles. The molecule has 1 atom stereocenters. The van der Waals surface area contributed by atoms with E-state index >= 15 is 0 Å². The fraction of sp³-hybridized carbons (Fsp3) is 0.417. The van der Waals surface area contributed by atoms with Crippen LogP contribution >= 0.6 is 0 Å². The van der Waals surface area contributed by atoms with Gasteiger partial charge >= 0.3 is 6.61 Å². The monoisotopic (exact) mass is 243 g/mol. The van der Waals surface area contributed by atoms with Gasteiger partial charge < -0.3 is 10.5 Å². The van der Waals surface area contributed by atoms with Crippen molar-refractivity contribution < 1.29 is 18.3 Å². The van der Waals surface area contributed by atoms with Crippen LogP contribution in [-0.2, 0) is 0 Å². The number of Topliss-reactive ketones (excluding diaryl/α,β-unsaturated/α-hetero) is 1. The number of nitrogens with two attached hydrogens (primary N) is 1. The fourth-order valence-electron chi connectivity index (χ4n) is 1.35. The molecule has 0 saturated carbocycles. The van der Waals surface area contributed by atoms with E-state index in [0.29, 0.717) is 12.0 Å². The number of alkyl halides is 2. The van der Waals surface area contributed by atoms with Crippen LogP contribution in [0, 0.1) is 0 Å². The largest absolute Gasteiger partial charge is 0.435 e. The van der Waals surface area contributed by atoms with Crippen molar-refractivity contribution in [3.63, 3.8) is 0 Å². The van der Waals surface area contributed by atoms with Gasteiger partial charge in [0.2, 0.25) is 0 Å². The van der Waals surface area contributed by atoms with E-state index in [1.165, 1.54) is 18.2 Å². The average Bonchev–Trinajstić information content (AvgIpc) is 2.28. The molecule has 0 fully saturated rings. The smallest absolute Gasteiger partial charge is 0.387 e. The number of carbonyl (C=O) groups is 1. The van der Waals surface area contributed by atoms with E-state index in [1.54, 1.807) is 6.07 Å². The number of halogens is 2. The molecule has 0 radical (unpaired) electrons. The van der Waals surface area contributed by atoms with Gasteiger partial charge in [0, 0.05) is 18.0 Å². The Bertz CT molecular complexity index is 383. The number of ether oxygens (including phenoxy) is 1. The highest BCUT2D eigenvalue weighted by atomic mass is 19.3. The second-order valence-corrected chi connectivity index (χ2v) is 3.70. The Kier molecular flexibility index (Phi) is 5.03. The third-order valence-electron chi connectivity index (χ3n) is 2.35. The molecule has 0 aliphatic carbocycles. The molecule has 94 valence electrons. The molecule has 0 aliphatic rings. The highest BCUT2D eigenvalue weighted by molar-refractivity contribution is 5.96. The van der Waals surface area contributed by atoms with Gasteiger partial charge in [-0.3, -0.25) is 4.79 Å². The molecule has 0 spiro atoms. The molecule has 1 unspecified atom stereocenters. The molecule has 0 bridgehead atoms. The van der Waals surface area contributed by atoms with Gasteiger partial charge in [-0.15, -0.1) is 0 Å². The van der Waals surface area contributed by atoms with Crippen molar-refractivity contribution in [2.45, 2.75) is 32.4 Å². The van der Waals surface area contributed by atoms with E-state index in [4.69, 9.17) is 5.73 Å². The summed E-state index contributed by atoms with van der Waals surface area (Å²) in [5.41, 5.74) is 6.00. The average molecular weight is 243 g/mol. The van der Waals surface area contributed by atoms with Crippen LogP contribution in [0.4, 0.5) is 8.78 Å². The fourth-order valence-corrected chi connectivity index (χ4v) is 1.35. The van der Waals surface area contributed by atoms with E-state index in [2.05, 4.69) is 4.74 Å². The summed E-state index contributed by atoms with van der Waals surface area (Å²) in [7, 11) is 0. The molecule has 0 amide bonds. The van der Waals surface area contributed by atoms with Crippen LogP contribution in [0.3, 0.4) is 0 Å². The number of rotatable bonds is 6. The standard InChI is InChI=1S/C12H15F2NO2/c1-2-9(15)7-11(16)8-4-3-5-10(6-8)17-12(13)14/h3-6,9,12H,2,7,15H2,1H3. The van der Waals surface area contributed by atoms with E-state index in [-0.39, 0.29) is 24.0 Å². The number of benzene rings is 1. The highest BCUT2D eigenvalue weighted by Crippen LogP contribution is 2.17. The molecule has 0 heterocycles. The molecular weight excluding hydrogens is 228 g/mol. The predicted octanol–water partition coefficient (Wildman–Crippen LogP) is 2.60. The van der Waals surface area contributed by atoms with Crippen LogP contribution in [0.5, 0.6) is 5.75 Å². The molecule has 1 aromatic rings. The summed E-state index contributed by atoms with van der Waals surface area (Å²) in [6.07, 6.45) is 0.896. The van der Waals surface area contributed by atoms with Gasteiger partial charge in [-0.2, -0.15) is 8.78 Å². The van der Waals surface area contributed by atoms with Crippen LogP contribution in [-0.4, -0.2) is 18.4 Å². The number of hydrogen-bond donors (Lipinski definition) is 1. The minimum Gasteiger partial charge on any atom is -0.435 e. The molecule has 17 heavy (non-hydrogen) atoms. The van der Waals surface area contributed by atoms with E-state index in [9.17, 15) is 13.6 Å². The van der Waals surface area contributed by atoms with Crippen LogP contribution in [0.1, 0.15) is 30.1 Å². The second kappa shape index (κ2) is 6.30. The van der Waals surface area contributed by atoms with Crippen molar-refractivity contribution in [3.8, 4) is 5.75 Å². The zero-order valence-electron chi connectivity index (χ0n) is 9.53. The minimum atomic E-state index is -2.89. The maximum atomic E-state index is 12.0. The molecule has 0 saturated heterocycles. The SMILES string of the molecule is CCC(N)CC(=O)c1cccc(OC(F)F)c1. The summed E-state index contributed by atoms with van der Waals surface area (Å²) in [6.45, 7) is -1.01. The van der Waals surface area contributed by atoms with E-state index in [1.807, 2.05) is 6.92 Å². The summed E-state index contributed by atoms with van der Waals surface area (Å²) >= 11 is 0. The Morgan fingerprint density at radius 1 is 1.47 bits per heavy atom. The first-order valence-corrected chi connectivity index (χ1v) is 5.36. The summed E-state index contributed by atoms with van der Waals surface area (Å²) < 4.78 is 28.2. The Morgan fingerprint density at radius 3 is 2.76 bits per heavy atom. The van der Waals surface area contributed by atoms with Gasteiger partial charge in [0.25, 0.3) is 0 Å². The van der Waals surface area contributed by atoms with E-state index < -0.39 is 6.61 Å². The van der Waals surface area contributed by atoms with Crippen molar-refractivity contribution in [2.24, 2.45) is 5.73 Å². The molecule has 1 rings (SSSR count). The Balaban J connectivity index is 2.73. The van der Waals surface area contributed by atoms with Crippen LogP contribution in [0.2, 0.25) is 0 Å². The third kappa shape index (κ3) is 4.48. The molecule has 1 aromatic carbocycles. The summed E-state index contributed by atoms with van der Waals surface area (Å²) in [5.74, 6) is -0.185. The first-order valence-electron chi connectivity index (χ1n) is 5.36. The minimum absolute atomic E-state index is 0.0177. The van der Waals surface area contributed by atoms with Gasteiger partial charge in [0.15, 0.2) is 5.78 Å². The number of carbonyl (C=O) groups excluding carboxylic acids is 1. The summed E-state index contributed by atoms with van der Waals surface area (Å²) in [5, 5.41) is 0. The lowest BCUT2D eigenvalue weighted by molar-refractivity contribution is -0.0498. The first kappa shape index (κ1) is 13.6. The predicted molar refractivity (Wildman–Crippen MR) is 60.3 cm³/mol. The highest BCUT2D eigenvalue weighted by Gasteiger charge is 2.12. The topological polar surface area (TPSA) is 52.3 Å². The molecular formula is C12H15F2NO2. The number of ketones is 1. The van der Waals surface area contributed by atoms with Crippen molar-refractivity contribution in [1.82, 2.24) is 0 Å². The maximum absolute atomic E-state index is 12.0. The number of hydrogen-bond acceptors (Lipinski definition) is 3. The molecule has 5 heteroatoms. The quantitative estimate of drug-likeness (QED) is 0.781. The van der Waals surface area contributed by atoms with Gasteiger partial charge in [-0.05, 0) is 18.6 Å². The van der Waals surface area contributed by atoms with Gasteiger partial charge in [-0.25, -0.2) is 0 Å². The lowest BCUT2D eigenvalue weighted by Crippen LogP contribution is -2.22. The Morgan fingerprint density at radius 2 is 2.18 bits per heavy atom. The van der Waals surface area contributed by atoms with Gasteiger partial charge in [0.05, 0.1) is 0 Å². The van der Waals surface area contributed by atoms with Crippen molar-refractivity contribution >= 4 is 5.78 Å². The van der Waals surface area contributed by atoms with Crippen molar-refractivity contribution in [1.29, 1.82) is 0 Å². The van der Waals surface area contributed by atoms with Crippen LogP contribution in [0.25, 0.3) is 0 Å². The van der Waals surface area contributed by atoms with Crippen molar-refractivity contribution in [2.75, 3.05) is 0 Å². The zero-order valence-corrected chi connectivity index (χ0v) is 9.53. The van der Waals surface area contributed by atoms with Gasteiger partial charge in [-0.1, -0.05) is 19.1 Å². The Hall–Kier alpha value is -1.49. The summed E-state index contributed by atoms with van der Waals surface area (Å²) in [6, 6.07) is 5.53. The normalized spacial score (nSPS) is 12.5. The zero-order chi connectivity index (χ0) is 12.8. The molecule has 3 nitrogen and oxygen atoms in total. The second-order valence-electron chi connectivity index (χ2n) is 3.70.